The predicted octanol–water partition coefficient (Wildman–Crippen LogP) is 4.06. The molecule has 2 aromatic heterocycles. The monoisotopic (exact) mass is 421 g/mol. The highest BCUT2D eigenvalue weighted by atomic mass is 35.5. The molecule has 0 spiro atoms. The Morgan fingerprint density at radius 2 is 1.96 bits per heavy atom. The van der Waals surface area contributed by atoms with Crippen LogP contribution in [0.15, 0.2) is 24.3 Å². The van der Waals surface area contributed by atoms with Crippen molar-refractivity contribution < 1.29 is 19.1 Å². The maximum absolute atomic E-state index is 12.4. The van der Waals surface area contributed by atoms with E-state index in [9.17, 15) is 9.59 Å². The molecule has 0 aliphatic carbocycles. The molecule has 0 amide bonds. The third kappa shape index (κ3) is 3.81. The molecule has 146 valence electrons. The largest absolute Gasteiger partial charge is 0.465 e. The third-order valence-electron chi connectivity index (χ3n) is 4.07. The van der Waals surface area contributed by atoms with Crippen molar-refractivity contribution in [3.05, 3.63) is 45.6 Å². The fourth-order valence-electron chi connectivity index (χ4n) is 2.90. The van der Waals surface area contributed by atoms with Crippen molar-refractivity contribution in [1.29, 1.82) is 0 Å². The Labute approximate surface area is 171 Å². The maximum Gasteiger partial charge on any atom is 0.338 e. The van der Waals surface area contributed by atoms with Crippen LogP contribution in [0.4, 0.5) is 0 Å². The predicted molar refractivity (Wildman–Crippen MR) is 106 cm³/mol. The number of halogens is 2. The fourth-order valence-corrected chi connectivity index (χ4v) is 3.40. The van der Waals surface area contributed by atoms with E-state index >= 15 is 0 Å². The molecular weight excluding hydrogens is 405 g/mol. The second kappa shape index (κ2) is 8.16. The van der Waals surface area contributed by atoms with E-state index in [4.69, 9.17) is 32.7 Å². The Hall–Kier alpha value is -2.64. The van der Waals surface area contributed by atoms with Gasteiger partial charge >= 0.3 is 11.9 Å². The van der Waals surface area contributed by atoms with Crippen molar-refractivity contribution in [2.45, 2.75) is 20.4 Å². The van der Waals surface area contributed by atoms with E-state index in [1.807, 2.05) is 0 Å². The van der Waals surface area contributed by atoms with Gasteiger partial charge < -0.3 is 9.47 Å². The first-order chi connectivity index (χ1) is 13.3. The number of carbonyl (C=O) groups excluding carboxylic acids is 2. The molecule has 0 saturated heterocycles. The Bertz CT molecular complexity index is 1080. The smallest absolute Gasteiger partial charge is 0.338 e. The molecule has 3 rings (SSSR count). The highest BCUT2D eigenvalue weighted by molar-refractivity contribution is 6.36. The van der Waals surface area contributed by atoms with Gasteiger partial charge in [0.2, 0.25) is 0 Å². The number of pyridine rings is 1. The lowest BCUT2D eigenvalue weighted by Crippen LogP contribution is -2.15. The summed E-state index contributed by atoms with van der Waals surface area (Å²) in [5.74, 6) is -0.999. The summed E-state index contributed by atoms with van der Waals surface area (Å²) in [6.07, 6.45) is 0. The molecule has 3 aromatic rings. The van der Waals surface area contributed by atoms with Crippen LogP contribution >= 0.6 is 23.2 Å². The van der Waals surface area contributed by atoms with Crippen molar-refractivity contribution in [2.75, 3.05) is 13.7 Å². The first-order valence-corrected chi connectivity index (χ1v) is 9.18. The molecule has 0 unspecified atom stereocenters. The number of ether oxygens (including phenoxy) is 2. The minimum Gasteiger partial charge on any atom is -0.465 e. The number of aryl methyl sites for hydroxylation is 1. The second-order valence-electron chi connectivity index (χ2n) is 5.92. The summed E-state index contributed by atoms with van der Waals surface area (Å²) in [4.78, 5) is 29.0. The second-order valence-corrected chi connectivity index (χ2v) is 6.76. The summed E-state index contributed by atoms with van der Waals surface area (Å²) in [6, 6.07) is 6.56. The molecule has 0 bridgehead atoms. The Morgan fingerprint density at radius 1 is 1.21 bits per heavy atom. The Morgan fingerprint density at radius 3 is 2.61 bits per heavy atom. The minimum atomic E-state index is -0.544. The number of benzene rings is 1. The molecule has 0 aliphatic rings. The van der Waals surface area contributed by atoms with Crippen LogP contribution in [0.25, 0.3) is 22.3 Å². The third-order valence-corrected chi connectivity index (χ3v) is 4.62. The molecule has 0 atom stereocenters. The SMILES string of the molecule is CCOC(=O)Cn1nc(C)c2c(C(=O)OC)cc(-c3ccc(Cl)cc3Cl)nc21. The average Bonchev–Trinajstić information content (AvgIpc) is 2.96. The number of rotatable bonds is 5. The van der Waals surface area contributed by atoms with Gasteiger partial charge in [0.25, 0.3) is 0 Å². The van der Waals surface area contributed by atoms with E-state index in [0.717, 1.165) is 0 Å². The number of methoxy groups -OCH3 is 1. The molecule has 0 radical (unpaired) electrons. The lowest BCUT2D eigenvalue weighted by atomic mass is 10.1. The van der Waals surface area contributed by atoms with Crippen LogP contribution in [0.3, 0.4) is 0 Å². The van der Waals surface area contributed by atoms with Crippen molar-refractivity contribution in [1.82, 2.24) is 14.8 Å². The summed E-state index contributed by atoms with van der Waals surface area (Å²) in [5, 5.41) is 5.71. The number of fused-ring (bicyclic) bond motifs is 1. The van der Waals surface area contributed by atoms with Crippen LogP contribution < -0.4 is 0 Å². The zero-order valence-electron chi connectivity index (χ0n) is 15.5. The van der Waals surface area contributed by atoms with Crippen LogP contribution in [-0.4, -0.2) is 40.4 Å². The van der Waals surface area contributed by atoms with Gasteiger partial charge in [-0.05, 0) is 38.1 Å². The molecule has 2 heterocycles. The van der Waals surface area contributed by atoms with Gasteiger partial charge in [0.1, 0.15) is 6.54 Å². The average molecular weight is 422 g/mol. The number of hydrogen-bond donors (Lipinski definition) is 0. The minimum absolute atomic E-state index is 0.135. The van der Waals surface area contributed by atoms with Crippen LogP contribution in [0, 0.1) is 6.92 Å². The summed E-state index contributed by atoms with van der Waals surface area (Å²) in [5.41, 5.74) is 2.19. The highest BCUT2D eigenvalue weighted by Gasteiger charge is 2.22. The van der Waals surface area contributed by atoms with Crippen LogP contribution in [-0.2, 0) is 20.8 Å². The summed E-state index contributed by atoms with van der Waals surface area (Å²) < 4.78 is 11.3. The normalized spacial score (nSPS) is 10.9. The zero-order chi connectivity index (χ0) is 20.4. The molecule has 28 heavy (non-hydrogen) atoms. The highest BCUT2D eigenvalue weighted by Crippen LogP contribution is 2.33. The van der Waals surface area contributed by atoms with E-state index in [0.29, 0.717) is 38.0 Å². The van der Waals surface area contributed by atoms with Crippen molar-refractivity contribution >= 4 is 46.2 Å². The van der Waals surface area contributed by atoms with Crippen molar-refractivity contribution in [3.8, 4) is 11.3 Å². The number of nitrogens with zero attached hydrogens (tertiary/aromatic N) is 3. The number of aromatic nitrogens is 3. The van der Waals surface area contributed by atoms with Crippen LogP contribution in [0.2, 0.25) is 10.0 Å². The molecule has 0 fully saturated rings. The zero-order valence-corrected chi connectivity index (χ0v) is 17.0. The summed E-state index contributed by atoms with van der Waals surface area (Å²) in [6.45, 7) is 3.57. The molecule has 0 aliphatic heterocycles. The topological polar surface area (TPSA) is 83.3 Å². The Balaban J connectivity index is 2.26. The molecule has 7 nitrogen and oxygen atoms in total. The van der Waals surface area contributed by atoms with Gasteiger partial charge in [-0.3, -0.25) is 4.79 Å². The molecule has 9 heteroatoms. The van der Waals surface area contributed by atoms with Gasteiger partial charge in [-0.1, -0.05) is 23.2 Å². The molecular formula is C19H17Cl2N3O4. The van der Waals surface area contributed by atoms with E-state index in [1.165, 1.54) is 11.8 Å². The van der Waals surface area contributed by atoms with E-state index < -0.39 is 11.9 Å². The van der Waals surface area contributed by atoms with Gasteiger partial charge in [0.05, 0.1) is 41.1 Å². The van der Waals surface area contributed by atoms with E-state index in [2.05, 4.69) is 10.1 Å². The van der Waals surface area contributed by atoms with Gasteiger partial charge in [0, 0.05) is 10.6 Å². The summed E-state index contributed by atoms with van der Waals surface area (Å²) >= 11 is 12.3. The lowest BCUT2D eigenvalue weighted by Gasteiger charge is -2.09. The van der Waals surface area contributed by atoms with Crippen LogP contribution in [0.5, 0.6) is 0 Å². The van der Waals surface area contributed by atoms with Gasteiger partial charge in [-0.2, -0.15) is 5.10 Å². The van der Waals surface area contributed by atoms with Crippen molar-refractivity contribution in [2.24, 2.45) is 0 Å². The first-order valence-electron chi connectivity index (χ1n) is 8.43. The lowest BCUT2D eigenvalue weighted by molar-refractivity contribution is -0.143. The van der Waals surface area contributed by atoms with E-state index in [1.54, 1.807) is 38.1 Å². The van der Waals surface area contributed by atoms with Gasteiger partial charge in [-0.25, -0.2) is 14.5 Å². The maximum atomic E-state index is 12.4. The molecule has 1 aromatic carbocycles. The molecule has 0 N–H and O–H groups in total. The standard InChI is InChI=1S/C19H17Cl2N3O4/c1-4-28-16(25)9-24-18-17(10(2)23-24)13(19(26)27-3)8-15(22-18)12-6-5-11(20)7-14(12)21/h5-8H,4,9H2,1-3H3. The van der Waals surface area contributed by atoms with Crippen LogP contribution in [0.1, 0.15) is 23.0 Å². The van der Waals surface area contributed by atoms with Crippen molar-refractivity contribution in [3.63, 3.8) is 0 Å². The first kappa shape index (κ1) is 20.1. The summed E-state index contributed by atoms with van der Waals surface area (Å²) in [7, 11) is 1.29. The van der Waals surface area contributed by atoms with E-state index in [-0.39, 0.29) is 18.7 Å². The number of carbonyl (C=O) groups is 2. The number of hydrogen-bond acceptors (Lipinski definition) is 6. The quantitative estimate of drug-likeness (QED) is 0.577. The Kier molecular flexibility index (Phi) is 5.86. The fraction of sp³-hybridized carbons (Fsp3) is 0.263. The van der Waals surface area contributed by atoms with Gasteiger partial charge in [0.15, 0.2) is 5.65 Å². The molecule has 0 saturated carbocycles. The number of esters is 2. The van der Waals surface area contributed by atoms with Gasteiger partial charge in [-0.15, -0.1) is 0 Å².